The van der Waals surface area contributed by atoms with Gasteiger partial charge in [0.2, 0.25) is 10.0 Å². The number of esters is 1. The number of nitrogens with two attached hydrogens (primary N) is 1. The van der Waals surface area contributed by atoms with E-state index in [9.17, 15) is 13.2 Å². The van der Waals surface area contributed by atoms with E-state index in [4.69, 9.17) is 10.5 Å². The first-order valence-corrected chi connectivity index (χ1v) is 7.63. The number of ether oxygens (including phenoxy) is 1. The number of carbonyl (C=O) groups is 1. The molecule has 0 atom stereocenters. The van der Waals surface area contributed by atoms with Gasteiger partial charge in [-0.15, -0.1) is 0 Å². The third-order valence-electron chi connectivity index (χ3n) is 2.97. The van der Waals surface area contributed by atoms with E-state index in [0.717, 1.165) is 4.31 Å². The molecule has 20 heavy (non-hydrogen) atoms. The summed E-state index contributed by atoms with van der Waals surface area (Å²) in [6.07, 6.45) is 0. The number of aryl methyl sites for hydroxylation is 1. The third-order valence-corrected chi connectivity index (χ3v) is 5.06. The molecule has 0 aliphatic carbocycles. The Morgan fingerprint density at radius 3 is 2.50 bits per heavy atom. The first-order chi connectivity index (χ1) is 9.21. The van der Waals surface area contributed by atoms with Crippen LogP contribution in [0.25, 0.3) is 0 Å². The molecule has 0 saturated heterocycles. The van der Waals surface area contributed by atoms with Crippen molar-refractivity contribution in [3.8, 4) is 0 Å². The highest BCUT2D eigenvalue weighted by molar-refractivity contribution is 7.89. The average Bonchev–Trinajstić information content (AvgIpc) is 2.34. The SMILES string of the molecule is CCOC(=O)CN(C)S(=O)(=O)c1c(C)ccc(N)c1C. The fourth-order valence-electron chi connectivity index (χ4n) is 1.87. The second kappa shape index (κ2) is 6.23. The first kappa shape index (κ1) is 16.5. The van der Waals surface area contributed by atoms with Crippen molar-refractivity contribution in [2.24, 2.45) is 0 Å². The molecule has 0 aromatic heterocycles. The maximum atomic E-state index is 12.5. The van der Waals surface area contributed by atoms with Gasteiger partial charge in [0.05, 0.1) is 11.5 Å². The van der Waals surface area contributed by atoms with Gasteiger partial charge in [0.1, 0.15) is 6.54 Å². The molecule has 0 aliphatic rings. The lowest BCUT2D eigenvalue weighted by atomic mass is 10.1. The normalized spacial score (nSPS) is 11.7. The molecule has 0 heterocycles. The molecule has 0 spiro atoms. The first-order valence-electron chi connectivity index (χ1n) is 6.19. The number of nitrogen functional groups attached to an aromatic ring is 1. The quantitative estimate of drug-likeness (QED) is 0.649. The van der Waals surface area contributed by atoms with E-state index in [-0.39, 0.29) is 18.0 Å². The van der Waals surface area contributed by atoms with Crippen molar-refractivity contribution in [1.82, 2.24) is 4.31 Å². The molecule has 7 heteroatoms. The van der Waals surface area contributed by atoms with Crippen LogP contribution in [-0.4, -0.2) is 38.9 Å². The molecule has 1 aromatic rings. The van der Waals surface area contributed by atoms with Gasteiger partial charge in [0, 0.05) is 12.7 Å². The van der Waals surface area contributed by atoms with E-state index in [1.165, 1.54) is 7.05 Å². The maximum Gasteiger partial charge on any atom is 0.321 e. The van der Waals surface area contributed by atoms with Crippen molar-refractivity contribution >= 4 is 21.7 Å². The molecule has 0 unspecified atom stereocenters. The molecule has 0 amide bonds. The zero-order valence-corrected chi connectivity index (χ0v) is 13.0. The number of anilines is 1. The van der Waals surface area contributed by atoms with E-state index in [1.54, 1.807) is 32.9 Å². The Kier molecular flexibility index (Phi) is 5.13. The van der Waals surface area contributed by atoms with Crippen molar-refractivity contribution in [3.05, 3.63) is 23.3 Å². The molecule has 112 valence electrons. The minimum Gasteiger partial charge on any atom is -0.465 e. The van der Waals surface area contributed by atoms with E-state index in [1.807, 2.05) is 0 Å². The van der Waals surface area contributed by atoms with Crippen molar-refractivity contribution in [2.45, 2.75) is 25.7 Å². The molecule has 1 aromatic carbocycles. The highest BCUT2D eigenvalue weighted by atomic mass is 32.2. The topological polar surface area (TPSA) is 89.7 Å². The van der Waals surface area contributed by atoms with Gasteiger partial charge in [-0.05, 0) is 38.0 Å². The van der Waals surface area contributed by atoms with Gasteiger partial charge in [0.25, 0.3) is 0 Å². The van der Waals surface area contributed by atoms with Gasteiger partial charge in [-0.1, -0.05) is 6.07 Å². The van der Waals surface area contributed by atoms with Gasteiger partial charge < -0.3 is 10.5 Å². The maximum absolute atomic E-state index is 12.5. The molecule has 0 fully saturated rings. The van der Waals surface area contributed by atoms with Gasteiger partial charge in [-0.3, -0.25) is 4.79 Å². The minimum absolute atomic E-state index is 0.143. The Labute approximate surface area is 119 Å². The summed E-state index contributed by atoms with van der Waals surface area (Å²) < 4.78 is 30.8. The van der Waals surface area contributed by atoms with Crippen LogP contribution in [0.5, 0.6) is 0 Å². The fourth-order valence-corrected chi connectivity index (χ4v) is 3.44. The van der Waals surface area contributed by atoms with Crippen LogP contribution in [0, 0.1) is 13.8 Å². The molecule has 0 saturated carbocycles. The summed E-state index contributed by atoms with van der Waals surface area (Å²) in [7, 11) is -2.44. The summed E-state index contributed by atoms with van der Waals surface area (Å²) in [5.41, 5.74) is 7.24. The second-order valence-corrected chi connectivity index (χ2v) is 6.47. The van der Waals surface area contributed by atoms with E-state index in [2.05, 4.69) is 0 Å². The van der Waals surface area contributed by atoms with Crippen molar-refractivity contribution in [1.29, 1.82) is 0 Å². The Morgan fingerprint density at radius 2 is 1.95 bits per heavy atom. The molecule has 6 nitrogen and oxygen atoms in total. The Morgan fingerprint density at radius 1 is 1.35 bits per heavy atom. The van der Waals surface area contributed by atoms with Crippen LogP contribution in [0.4, 0.5) is 5.69 Å². The van der Waals surface area contributed by atoms with Crippen LogP contribution < -0.4 is 5.73 Å². The zero-order valence-electron chi connectivity index (χ0n) is 12.1. The summed E-state index contributed by atoms with van der Waals surface area (Å²) in [4.78, 5) is 11.6. The fraction of sp³-hybridized carbons (Fsp3) is 0.462. The number of likely N-dealkylation sites (N-methyl/N-ethyl adjacent to an activating group) is 1. The van der Waals surface area contributed by atoms with Crippen molar-refractivity contribution in [3.63, 3.8) is 0 Å². The summed E-state index contributed by atoms with van der Waals surface area (Å²) in [5.74, 6) is -0.585. The largest absolute Gasteiger partial charge is 0.465 e. The highest BCUT2D eigenvalue weighted by Gasteiger charge is 2.27. The molecule has 0 radical (unpaired) electrons. The number of sulfonamides is 1. The number of benzene rings is 1. The van der Waals surface area contributed by atoms with Gasteiger partial charge >= 0.3 is 5.97 Å². The molecular formula is C13H20N2O4S. The highest BCUT2D eigenvalue weighted by Crippen LogP contribution is 2.26. The van der Waals surface area contributed by atoms with E-state index >= 15 is 0 Å². The number of hydrogen-bond donors (Lipinski definition) is 1. The average molecular weight is 300 g/mol. The summed E-state index contributed by atoms with van der Waals surface area (Å²) in [5, 5.41) is 0. The lowest BCUT2D eigenvalue weighted by molar-refractivity contribution is -0.143. The van der Waals surface area contributed by atoms with Crippen molar-refractivity contribution < 1.29 is 17.9 Å². The third kappa shape index (κ3) is 3.29. The van der Waals surface area contributed by atoms with E-state index in [0.29, 0.717) is 16.8 Å². The number of nitrogens with zero attached hydrogens (tertiary/aromatic N) is 1. The van der Waals surface area contributed by atoms with Gasteiger partial charge in [0.15, 0.2) is 0 Å². The monoisotopic (exact) mass is 300 g/mol. The number of rotatable bonds is 5. The van der Waals surface area contributed by atoms with Crippen LogP contribution in [-0.2, 0) is 19.6 Å². The van der Waals surface area contributed by atoms with Crippen LogP contribution in [0.2, 0.25) is 0 Å². The summed E-state index contributed by atoms with van der Waals surface area (Å²) in [6.45, 7) is 4.89. The molecule has 2 N–H and O–H groups in total. The number of carbonyl (C=O) groups excluding carboxylic acids is 1. The molecular weight excluding hydrogens is 280 g/mol. The predicted molar refractivity (Wildman–Crippen MR) is 76.8 cm³/mol. The van der Waals surface area contributed by atoms with E-state index < -0.39 is 16.0 Å². The Hall–Kier alpha value is -1.60. The summed E-state index contributed by atoms with van der Waals surface area (Å²) in [6, 6.07) is 3.31. The van der Waals surface area contributed by atoms with Gasteiger partial charge in [-0.2, -0.15) is 4.31 Å². The standard InChI is InChI=1S/C13H20N2O4S/c1-5-19-12(16)8-15(4)20(17,18)13-9(2)6-7-11(14)10(13)3/h6-7H,5,8,14H2,1-4H3. The van der Waals surface area contributed by atoms with Crippen LogP contribution in [0.15, 0.2) is 17.0 Å². The Bertz CT molecular complexity index is 611. The number of hydrogen-bond acceptors (Lipinski definition) is 5. The lowest BCUT2D eigenvalue weighted by Crippen LogP contribution is -2.34. The lowest BCUT2D eigenvalue weighted by Gasteiger charge is -2.20. The second-order valence-electron chi connectivity index (χ2n) is 4.49. The summed E-state index contributed by atoms with van der Waals surface area (Å²) >= 11 is 0. The smallest absolute Gasteiger partial charge is 0.321 e. The predicted octanol–water partition coefficient (Wildman–Crippen LogP) is 1.07. The van der Waals surface area contributed by atoms with Gasteiger partial charge in [-0.25, -0.2) is 8.42 Å². The molecule has 0 bridgehead atoms. The van der Waals surface area contributed by atoms with Crippen LogP contribution >= 0.6 is 0 Å². The minimum atomic E-state index is -3.78. The molecule has 0 aliphatic heterocycles. The van der Waals surface area contributed by atoms with Crippen LogP contribution in [0.3, 0.4) is 0 Å². The molecule has 1 rings (SSSR count). The zero-order chi connectivity index (χ0) is 15.5. The van der Waals surface area contributed by atoms with Crippen molar-refractivity contribution in [2.75, 3.05) is 25.9 Å². The van der Waals surface area contributed by atoms with Crippen LogP contribution in [0.1, 0.15) is 18.1 Å². The Balaban J connectivity index is 3.17.